The van der Waals surface area contributed by atoms with E-state index in [9.17, 15) is 4.79 Å². The van der Waals surface area contributed by atoms with Gasteiger partial charge in [-0.3, -0.25) is 9.79 Å². The van der Waals surface area contributed by atoms with Gasteiger partial charge in [0.25, 0.3) is 5.91 Å². The number of halogens is 1. The van der Waals surface area contributed by atoms with Crippen LogP contribution in [0.3, 0.4) is 0 Å². The van der Waals surface area contributed by atoms with Crippen LogP contribution in [0.15, 0.2) is 47.5 Å². The third-order valence-electron chi connectivity index (χ3n) is 6.17. The number of hydrogen-bond acceptors (Lipinski definition) is 2. The average molecular weight is 410 g/mol. The fraction of sp³-hybridized carbons (Fsp3) is 0.417. The van der Waals surface area contributed by atoms with E-state index in [1.807, 2.05) is 30.3 Å². The molecule has 0 unspecified atom stereocenters. The quantitative estimate of drug-likeness (QED) is 0.721. The normalized spacial score (nSPS) is 18.9. The summed E-state index contributed by atoms with van der Waals surface area (Å²) in [4.78, 5) is 19.0. The Hall–Kier alpha value is -2.33. The van der Waals surface area contributed by atoms with Crippen molar-refractivity contribution < 1.29 is 4.79 Å². The van der Waals surface area contributed by atoms with Gasteiger partial charge in [-0.15, -0.1) is 0 Å². The van der Waals surface area contributed by atoms with Gasteiger partial charge in [0.1, 0.15) is 5.84 Å². The van der Waals surface area contributed by atoms with Crippen molar-refractivity contribution in [2.45, 2.75) is 45.1 Å². The summed E-state index contributed by atoms with van der Waals surface area (Å²) < 4.78 is 0. The minimum absolute atomic E-state index is 0.0185. The van der Waals surface area contributed by atoms with E-state index in [4.69, 9.17) is 16.6 Å². The number of nitrogens with one attached hydrogen (secondary N) is 1. The summed E-state index contributed by atoms with van der Waals surface area (Å²) in [7, 11) is 3.56. The molecule has 2 aromatic rings. The predicted octanol–water partition coefficient (Wildman–Crippen LogP) is 5.56. The third-order valence-corrected chi connectivity index (χ3v) is 6.40. The molecule has 1 N–H and O–H groups in total. The summed E-state index contributed by atoms with van der Waals surface area (Å²) in [5.74, 6) is 1.09. The van der Waals surface area contributed by atoms with Crippen LogP contribution in [-0.4, -0.2) is 30.7 Å². The number of aliphatic imine (C=N–C) groups is 1. The van der Waals surface area contributed by atoms with Gasteiger partial charge in [-0.25, -0.2) is 0 Å². The predicted molar refractivity (Wildman–Crippen MR) is 120 cm³/mol. The van der Waals surface area contributed by atoms with E-state index in [0.29, 0.717) is 12.1 Å². The number of carbonyl (C=O) groups is 1. The molecular formula is C24H28ClN3O. The molecule has 1 amide bonds. The average Bonchev–Trinajstić information content (AvgIpc) is 2.72. The summed E-state index contributed by atoms with van der Waals surface area (Å²) in [5.41, 5.74) is 4.19. The van der Waals surface area contributed by atoms with Gasteiger partial charge in [0.05, 0.1) is 6.54 Å². The molecule has 0 bridgehead atoms. The third kappa shape index (κ3) is 4.18. The number of amidine groups is 1. The highest BCUT2D eigenvalue weighted by molar-refractivity contribution is 6.30. The number of fused-ring (bicyclic) bond motifs is 1. The van der Waals surface area contributed by atoms with Crippen molar-refractivity contribution in [3.63, 3.8) is 0 Å². The van der Waals surface area contributed by atoms with E-state index in [1.54, 1.807) is 19.0 Å². The van der Waals surface area contributed by atoms with E-state index >= 15 is 0 Å². The van der Waals surface area contributed by atoms with Gasteiger partial charge in [0.15, 0.2) is 0 Å². The number of hydrogen-bond donors (Lipinski definition) is 1. The largest absolute Gasteiger partial charge is 0.345 e. The fourth-order valence-corrected chi connectivity index (χ4v) is 4.81. The zero-order valence-electron chi connectivity index (χ0n) is 17.2. The maximum Gasteiger partial charge on any atom is 0.253 e. The molecule has 1 saturated carbocycles. The Labute approximate surface area is 178 Å². The molecule has 1 aliphatic carbocycles. The van der Waals surface area contributed by atoms with E-state index in [2.05, 4.69) is 17.4 Å². The van der Waals surface area contributed by atoms with E-state index in [1.165, 1.54) is 24.8 Å². The van der Waals surface area contributed by atoms with Crippen LogP contribution in [0.1, 0.15) is 53.6 Å². The van der Waals surface area contributed by atoms with Gasteiger partial charge < -0.3 is 10.2 Å². The van der Waals surface area contributed by atoms with Crippen LogP contribution < -0.4 is 5.32 Å². The lowest BCUT2D eigenvalue weighted by atomic mass is 9.67. The molecule has 2 aliphatic rings. The number of rotatable bonds is 3. The Morgan fingerprint density at radius 3 is 2.66 bits per heavy atom. The standard InChI is InChI=1S/C24H28ClN3O/c1-28(2)22(29)18-9-10-19-15-24(11-4-3-5-12-24)23(27-21(19)14-18)26-16-17-7-6-8-20(25)13-17/h6-10,13-14H,3-5,11-12,15-16H2,1-2H3,(H,26,27). The maximum atomic E-state index is 12.4. The van der Waals surface area contributed by atoms with Crippen molar-refractivity contribution in [2.24, 2.45) is 10.4 Å². The first-order valence-corrected chi connectivity index (χ1v) is 10.8. The topological polar surface area (TPSA) is 44.7 Å². The highest BCUT2D eigenvalue weighted by Gasteiger charge is 2.41. The monoisotopic (exact) mass is 409 g/mol. The molecule has 29 heavy (non-hydrogen) atoms. The first-order valence-electron chi connectivity index (χ1n) is 10.4. The lowest BCUT2D eigenvalue weighted by molar-refractivity contribution is 0.0827. The van der Waals surface area contributed by atoms with Gasteiger partial charge in [-0.1, -0.05) is 49.1 Å². The first-order chi connectivity index (χ1) is 14.0. The van der Waals surface area contributed by atoms with Crippen LogP contribution in [0.5, 0.6) is 0 Å². The molecular weight excluding hydrogens is 382 g/mol. The number of amides is 1. The van der Waals surface area contributed by atoms with Crippen LogP contribution in [-0.2, 0) is 13.0 Å². The SMILES string of the molecule is CN(C)C(=O)c1ccc2c(c1)NC(=NCc1cccc(Cl)c1)C1(CCCCC1)C2. The van der Waals surface area contributed by atoms with E-state index in [-0.39, 0.29) is 11.3 Å². The lowest BCUT2D eigenvalue weighted by Gasteiger charge is -2.42. The molecule has 5 heteroatoms. The van der Waals surface area contributed by atoms with Gasteiger partial charge >= 0.3 is 0 Å². The second kappa shape index (κ2) is 8.19. The molecule has 1 aliphatic heterocycles. The van der Waals surface area contributed by atoms with E-state index in [0.717, 1.165) is 41.4 Å². The molecule has 0 radical (unpaired) electrons. The molecule has 4 rings (SSSR count). The molecule has 2 aromatic carbocycles. The Kier molecular flexibility index (Phi) is 5.64. The van der Waals surface area contributed by atoms with Gasteiger partial charge in [-0.2, -0.15) is 0 Å². The van der Waals surface area contributed by atoms with Crippen LogP contribution in [0.2, 0.25) is 5.02 Å². The van der Waals surface area contributed by atoms with Crippen LogP contribution in [0.25, 0.3) is 0 Å². The molecule has 152 valence electrons. The minimum atomic E-state index is 0.0185. The summed E-state index contributed by atoms with van der Waals surface area (Å²) in [6.07, 6.45) is 7.08. The first kappa shape index (κ1) is 20.0. The molecule has 0 aromatic heterocycles. The number of benzene rings is 2. The summed E-state index contributed by atoms with van der Waals surface area (Å²) >= 11 is 6.15. The second-order valence-corrected chi connectivity index (χ2v) is 8.95. The van der Waals surface area contributed by atoms with Crippen LogP contribution in [0, 0.1) is 5.41 Å². The maximum absolute atomic E-state index is 12.4. The summed E-state index contributed by atoms with van der Waals surface area (Å²) in [6.45, 7) is 0.607. The van der Waals surface area contributed by atoms with Crippen molar-refractivity contribution in [3.8, 4) is 0 Å². The molecule has 1 fully saturated rings. The molecule has 1 heterocycles. The Morgan fingerprint density at radius 2 is 1.93 bits per heavy atom. The van der Waals surface area contributed by atoms with Crippen molar-refractivity contribution in [1.82, 2.24) is 4.90 Å². The Morgan fingerprint density at radius 1 is 1.14 bits per heavy atom. The Balaban J connectivity index is 1.68. The van der Waals surface area contributed by atoms with Crippen molar-refractivity contribution in [2.75, 3.05) is 19.4 Å². The van der Waals surface area contributed by atoms with Crippen molar-refractivity contribution >= 4 is 29.0 Å². The number of carbonyl (C=O) groups excluding carboxylic acids is 1. The summed E-state index contributed by atoms with van der Waals surface area (Å²) in [5, 5.41) is 4.36. The smallest absolute Gasteiger partial charge is 0.253 e. The number of nitrogens with zero attached hydrogens (tertiary/aromatic N) is 2. The second-order valence-electron chi connectivity index (χ2n) is 8.51. The zero-order valence-corrected chi connectivity index (χ0v) is 17.9. The van der Waals surface area contributed by atoms with Gasteiger partial charge in [-0.05, 0) is 54.7 Å². The van der Waals surface area contributed by atoms with Crippen LogP contribution >= 0.6 is 11.6 Å². The Bertz CT molecular complexity index is 945. The highest BCUT2D eigenvalue weighted by atomic mass is 35.5. The summed E-state index contributed by atoms with van der Waals surface area (Å²) in [6, 6.07) is 13.9. The van der Waals surface area contributed by atoms with E-state index < -0.39 is 0 Å². The molecule has 1 spiro atoms. The lowest BCUT2D eigenvalue weighted by Crippen LogP contribution is -2.43. The highest BCUT2D eigenvalue weighted by Crippen LogP contribution is 2.45. The van der Waals surface area contributed by atoms with Crippen molar-refractivity contribution in [3.05, 3.63) is 64.2 Å². The minimum Gasteiger partial charge on any atom is -0.345 e. The van der Waals surface area contributed by atoms with Gasteiger partial charge in [0.2, 0.25) is 0 Å². The molecule has 0 saturated heterocycles. The molecule has 4 nitrogen and oxygen atoms in total. The molecule has 0 atom stereocenters. The fourth-order valence-electron chi connectivity index (χ4n) is 4.60. The zero-order chi connectivity index (χ0) is 20.4. The van der Waals surface area contributed by atoms with Gasteiger partial charge in [0, 0.05) is 35.8 Å². The van der Waals surface area contributed by atoms with Crippen LogP contribution in [0.4, 0.5) is 5.69 Å². The number of anilines is 1. The van der Waals surface area contributed by atoms with Crippen molar-refractivity contribution in [1.29, 1.82) is 0 Å².